The standard InChI is InChI=1S/C60H100O6/c1-4-7-10-13-16-19-22-25-27-29-30-31-33-35-38-41-44-47-50-53-59(62)65-56-57(55-64-58(61)52-49-46-43-40-37-34-24-21-18-15-12-9-6-3)66-60(63)54-51-48-45-42-39-36-32-28-26-23-20-17-14-11-8-5-2/h7,9-10,12,15-16,18-19,21,24-25,27,34,37,40,43,57H,4-6,8,11,13-14,17,20,22-23,26,28-33,35-36,38-39,41-42,44-56H2,1-3H3/b10-7+,12-9+,18-15+,19-16+,24-21+,27-25+,37-34+,43-40+. The zero-order chi connectivity index (χ0) is 47.9. The molecule has 6 nitrogen and oxygen atoms in total. The van der Waals surface area contributed by atoms with Crippen LogP contribution in [0.25, 0.3) is 0 Å². The molecule has 0 N–H and O–H groups in total. The molecule has 0 saturated carbocycles. The monoisotopic (exact) mass is 917 g/mol. The molecular weight excluding hydrogens is 817 g/mol. The number of ether oxygens (including phenoxy) is 3. The van der Waals surface area contributed by atoms with Crippen molar-refractivity contribution >= 4 is 17.9 Å². The number of unbranched alkanes of at least 4 members (excludes halogenated alkanes) is 25. The first-order chi connectivity index (χ1) is 32.5. The van der Waals surface area contributed by atoms with E-state index >= 15 is 0 Å². The fourth-order valence-corrected chi connectivity index (χ4v) is 7.43. The van der Waals surface area contributed by atoms with Crippen molar-refractivity contribution in [2.45, 2.75) is 252 Å². The van der Waals surface area contributed by atoms with Crippen molar-refractivity contribution in [3.63, 3.8) is 0 Å². The third-order valence-corrected chi connectivity index (χ3v) is 11.5. The summed E-state index contributed by atoms with van der Waals surface area (Å²) in [6.07, 6.45) is 71.2. The molecule has 0 fully saturated rings. The lowest BCUT2D eigenvalue weighted by atomic mass is 10.0. The molecule has 0 bridgehead atoms. The van der Waals surface area contributed by atoms with Crippen LogP contribution in [0.3, 0.4) is 0 Å². The Labute approximate surface area is 407 Å². The molecule has 6 heteroatoms. The lowest BCUT2D eigenvalue weighted by Gasteiger charge is -2.18. The molecule has 66 heavy (non-hydrogen) atoms. The lowest BCUT2D eigenvalue weighted by molar-refractivity contribution is -0.167. The molecule has 0 aromatic rings. The van der Waals surface area contributed by atoms with Crippen LogP contribution in [0.1, 0.15) is 245 Å². The van der Waals surface area contributed by atoms with Gasteiger partial charge in [0.15, 0.2) is 6.10 Å². The Kier molecular flexibility index (Phi) is 50.9. The normalized spacial score (nSPS) is 12.8. The number of hydrogen-bond donors (Lipinski definition) is 0. The van der Waals surface area contributed by atoms with Gasteiger partial charge in [-0.3, -0.25) is 14.4 Å². The van der Waals surface area contributed by atoms with Gasteiger partial charge < -0.3 is 14.2 Å². The van der Waals surface area contributed by atoms with Crippen LogP contribution in [0.4, 0.5) is 0 Å². The molecule has 0 radical (unpaired) electrons. The first kappa shape index (κ1) is 62.3. The molecule has 0 aliphatic heterocycles. The molecule has 1 atom stereocenters. The van der Waals surface area contributed by atoms with Gasteiger partial charge in [-0.1, -0.05) is 259 Å². The number of carbonyl (C=O) groups is 3. The van der Waals surface area contributed by atoms with Crippen molar-refractivity contribution in [3.8, 4) is 0 Å². The summed E-state index contributed by atoms with van der Waals surface area (Å²) >= 11 is 0. The van der Waals surface area contributed by atoms with Gasteiger partial charge in [-0.15, -0.1) is 0 Å². The predicted octanol–water partition coefficient (Wildman–Crippen LogP) is 18.1. The van der Waals surface area contributed by atoms with Gasteiger partial charge in [0.05, 0.1) is 0 Å². The zero-order valence-corrected chi connectivity index (χ0v) is 42.9. The smallest absolute Gasteiger partial charge is 0.306 e. The van der Waals surface area contributed by atoms with Crippen LogP contribution in [-0.4, -0.2) is 37.2 Å². The molecule has 0 aromatic heterocycles. The largest absolute Gasteiger partial charge is 0.462 e. The molecule has 0 saturated heterocycles. The van der Waals surface area contributed by atoms with Crippen LogP contribution in [-0.2, 0) is 28.6 Å². The van der Waals surface area contributed by atoms with Crippen molar-refractivity contribution in [1.29, 1.82) is 0 Å². The fourth-order valence-electron chi connectivity index (χ4n) is 7.43. The van der Waals surface area contributed by atoms with E-state index in [-0.39, 0.29) is 37.5 Å². The summed E-state index contributed by atoms with van der Waals surface area (Å²) < 4.78 is 16.8. The highest BCUT2D eigenvalue weighted by Crippen LogP contribution is 2.16. The van der Waals surface area contributed by atoms with E-state index in [0.29, 0.717) is 19.3 Å². The molecule has 1 unspecified atom stereocenters. The minimum atomic E-state index is -0.807. The summed E-state index contributed by atoms with van der Waals surface area (Å²) in [5.41, 5.74) is 0. The highest BCUT2D eigenvalue weighted by molar-refractivity contribution is 5.71. The molecule has 0 heterocycles. The summed E-state index contributed by atoms with van der Waals surface area (Å²) in [6.45, 7) is 6.33. The maximum atomic E-state index is 12.8. The Hall–Kier alpha value is -3.67. The first-order valence-corrected chi connectivity index (χ1v) is 27.3. The van der Waals surface area contributed by atoms with Crippen molar-refractivity contribution in [2.75, 3.05) is 13.2 Å². The number of carbonyl (C=O) groups excluding carboxylic acids is 3. The van der Waals surface area contributed by atoms with Crippen molar-refractivity contribution in [3.05, 3.63) is 97.2 Å². The predicted molar refractivity (Wildman–Crippen MR) is 284 cm³/mol. The molecular formula is C60H100O6. The van der Waals surface area contributed by atoms with E-state index in [0.717, 1.165) is 70.6 Å². The van der Waals surface area contributed by atoms with E-state index in [1.807, 2.05) is 54.7 Å². The van der Waals surface area contributed by atoms with Gasteiger partial charge in [0.25, 0.3) is 0 Å². The third-order valence-electron chi connectivity index (χ3n) is 11.5. The van der Waals surface area contributed by atoms with Gasteiger partial charge in [-0.2, -0.15) is 0 Å². The summed E-state index contributed by atoms with van der Waals surface area (Å²) in [7, 11) is 0. The van der Waals surface area contributed by atoms with Crippen LogP contribution in [0.15, 0.2) is 97.2 Å². The van der Waals surface area contributed by atoms with E-state index in [9.17, 15) is 14.4 Å². The van der Waals surface area contributed by atoms with Crippen molar-refractivity contribution in [2.24, 2.45) is 0 Å². The summed E-state index contributed by atoms with van der Waals surface area (Å²) in [5.74, 6) is -0.981. The summed E-state index contributed by atoms with van der Waals surface area (Å²) in [4.78, 5) is 38.0. The van der Waals surface area contributed by atoms with E-state index in [2.05, 4.69) is 63.3 Å². The Balaban J connectivity index is 4.43. The number of rotatable bonds is 48. The van der Waals surface area contributed by atoms with Gasteiger partial charge in [0.2, 0.25) is 0 Å². The maximum absolute atomic E-state index is 12.8. The van der Waals surface area contributed by atoms with Gasteiger partial charge in [-0.25, -0.2) is 0 Å². The Morgan fingerprint density at radius 2 is 0.682 bits per heavy atom. The topological polar surface area (TPSA) is 78.9 Å². The molecule has 0 amide bonds. The second-order valence-electron chi connectivity index (χ2n) is 17.9. The highest BCUT2D eigenvalue weighted by Gasteiger charge is 2.19. The zero-order valence-electron chi connectivity index (χ0n) is 42.9. The molecule has 0 spiro atoms. The summed E-state index contributed by atoms with van der Waals surface area (Å²) in [5, 5.41) is 0. The number of hydrogen-bond acceptors (Lipinski definition) is 6. The third kappa shape index (κ3) is 51.3. The molecule has 376 valence electrons. The lowest BCUT2D eigenvalue weighted by Crippen LogP contribution is -2.30. The van der Waals surface area contributed by atoms with Crippen LogP contribution in [0.5, 0.6) is 0 Å². The molecule has 0 aromatic carbocycles. The fraction of sp³-hybridized carbons (Fsp3) is 0.683. The summed E-state index contributed by atoms with van der Waals surface area (Å²) in [6, 6.07) is 0. The molecule has 0 aliphatic carbocycles. The average Bonchev–Trinajstić information content (AvgIpc) is 3.31. The van der Waals surface area contributed by atoms with Gasteiger partial charge in [0, 0.05) is 19.3 Å². The number of esters is 3. The SMILES string of the molecule is CC/C=C/C=C/C=C/C=C/C=C/CCCC(=O)OCC(COC(=O)CCCCCCCCCCC/C=C/C/C=C/C/C=C/CC)OC(=O)CCCCCCCCCCCCCCCCCC. The minimum absolute atomic E-state index is 0.102. The maximum Gasteiger partial charge on any atom is 0.306 e. The number of allylic oxidation sites excluding steroid dienone is 16. The average molecular weight is 917 g/mol. The Bertz CT molecular complexity index is 1330. The quantitative estimate of drug-likeness (QED) is 0.0199. The van der Waals surface area contributed by atoms with Crippen LogP contribution in [0, 0.1) is 0 Å². The van der Waals surface area contributed by atoms with Gasteiger partial charge in [0.1, 0.15) is 13.2 Å². The van der Waals surface area contributed by atoms with E-state index in [1.165, 1.54) is 128 Å². The van der Waals surface area contributed by atoms with Crippen molar-refractivity contribution < 1.29 is 28.6 Å². The first-order valence-electron chi connectivity index (χ1n) is 27.3. The van der Waals surface area contributed by atoms with Crippen LogP contribution in [0.2, 0.25) is 0 Å². The minimum Gasteiger partial charge on any atom is -0.462 e. The van der Waals surface area contributed by atoms with E-state index < -0.39 is 6.10 Å². The molecule has 0 rings (SSSR count). The second kappa shape index (κ2) is 53.9. The van der Waals surface area contributed by atoms with E-state index in [4.69, 9.17) is 14.2 Å². The van der Waals surface area contributed by atoms with Crippen LogP contribution < -0.4 is 0 Å². The van der Waals surface area contributed by atoms with Gasteiger partial charge in [-0.05, 0) is 64.2 Å². The van der Waals surface area contributed by atoms with Gasteiger partial charge >= 0.3 is 17.9 Å². The second-order valence-corrected chi connectivity index (χ2v) is 17.9. The Morgan fingerprint density at radius 1 is 0.333 bits per heavy atom. The Morgan fingerprint density at radius 3 is 1.15 bits per heavy atom. The highest BCUT2D eigenvalue weighted by atomic mass is 16.6. The van der Waals surface area contributed by atoms with Crippen molar-refractivity contribution in [1.82, 2.24) is 0 Å². The van der Waals surface area contributed by atoms with Crippen LogP contribution >= 0.6 is 0 Å². The molecule has 0 aliphatic rings. The van der Waals surface area contributed by atoms with E-state index in [1.54, 1.807) is 0 Å².